The van der Waals surface area contributed by atoms with Gasteiger partial charge in [0.25, 0.3) is 0 Å². The van der Waals surface area contributed by atoms with Gasteiger partial charge in [-0.1, -0.05) is 6.07 Å². The standard InChI is InChI=1S/C16H22F3N3O2/c1-24-14-4-2-3-13(9-14)21-12-5-7-22(8-6-12)10-15(23)20-11-16(17,18)19/h2-4,9,12,21H,5-8,10-11H2,1H3,(H,20,23). The summed E-state index contributed by atoms with van der Waals surface area (Å²) in [6, 6.07) is 7.91. The van der Waals surface area contributed by atoms with Gasteiger partial charge in [0.1, 0.15) is 12.3 Å². The molecule has 2 rings (SSSR count). The lowest BCUT2D eigenvalue weighted by molar-refractivity contribution is -0.139. The molecule has 1 amide bonds. The van der Waals surface area contributed by atoms with E-state index in [-0.39, 0.29) is 12.6 Å². The topological polar surface area (TPSA) is 53.6 Å². The number of rotatable bonds is 6. The zero-order valence-corrected chi connectivity index (χ0v) is 13.5. The molecule has 1 fully saturated rings. The average Bonchev–Trinajstić information content (AvgIpc) is 2.54. The minimum atomic E-state index is -4.37. The second-order valence-electron chi connectivity index (χ2n) is 5.82. The predicted molar refractivity (Wildman–Crippen MR) is 85.1 cm³/mol. The van der Waals surface area contributed by atoms with E-state index in [1.807, 2.05) is 34.5 Å². The van der Waals surface area contributed by atoms with Crippen LogP contribution in [-0.2, 0) is 4.79 Å². The van der Waals surface area contributed by atoms with Gasteiger partial charge in [0.05, 0.1) is 13.7 Å². The third-order valence-corrected chi connectivity index (χ3v) is 3.88. The Hall–Kier alpha value is -1.96. The van der Waals surface area contributed by atoms with Gasteiger partial charge in [-0.15, -0.1) is 0 Å². The fourth-order valence-corrected chi connectivity index (χ4v) is 2.64. The highest BCUT2D eigenvalue weighted by Gasteiger charge is 2.28. The Kier molecular flexibility index (Phi) is 6.30. The van der Waals surface area contributed by atoms with E-state index in [0.717, 1.165) is 24.3 Å². The van der Waals surface area contributed by atoms with Gasteiger partial charge in [0.15, 0.2) is 0 Å². The van der Waals surface area contributed by atoms with Crippen molar-refractivity contribution in [2.75, 3.05) is 38.6 Å². The summed E-state index contributed by atoms with van der Waals surface area (Å²) in [6.07, 6.45) is -2.73. The fraction of sp³-hybridized carbons (Fsp3) is 0.562. The Morgan fingerprint density at radius 2 is 2.04 bits per heavy atom. The third kappa shape index (κ3) is 6.27. The van der Waals surface area contributed by atoms with E-state index in [4.69, 9.17) is 4.74 Å². The van der Waals surface area contributed by atoms with Crippen LogP contribution in [0.4, 0.5) is 18.9 Å². The summed E-state index contributed by atoms with van der Waals surface area (Å²) in [5, 5.41) is 5.32. The first-order valence-corrected chi connectivity index (χ1v) is 7.82. The molecule has 1 aliphatic heterocycles. The number of benzene rings is 1. The third-order valence-electron chi connectivity index (χ3n) is 3.88. The Morgan fingerprint density at radius 1 is 1.33 bits per heavy atom. The molecule has 134 valence electrons. The molecule has 1 heterocycles. The number of alkyl halides is 3. The molecule has 1 aliphatic rings. The van der Waals surface area contributed by atoms with Crippen LogP contribution in [0.5, 0.6) is 5.75 Å². The number of nitrogens with zero attached hydrogens (tertiary/aromatic N) is 1. The number of ether oxygens (including phenoxy) is 1. The van der Waals surface area contributed by atoms with E-state index in [0.29, 0.717) is 13.1 Å². The van der Waals surface area contributed by atoms with E-state index < -0.39 is 18.6 Å². The lowest BCUT2D eigenvalue weighted by Gasteiger charge is -2.32. The number of hydrogen-bond acceptors (Lipinski definition) is 4. The van der Waals surface area contributed by atoms with Crippen LogP contribution in [0.15, 0.2) is 24.3 Å². The minimum Gasteiger partial charge on any atom is -0.497 e. The van der Waals surface area contributed by atoms with Gasteiger partial charge in [-0.05, 0) is 25.0 Å². The molecular formula is C16H22F3N3O2. The van der Waals surface area contributed by atoms with Crippen LogP contribution in [-0.4, -0.2) is 56.3 Å². The number of methoxy groups -OCH3 is 1. The fourth-order valence-electron chi connectivity index (χ4n) is 2.64. The Balaban J connectivity index is 1.72. The molecule has 24 heavy (non-hydrogen) atoms. The van der Waals surface area contributed by atoms with Crippen molar-refractivity contribution in [2.45, 2.75) is 25.1 Å². The number of hydrogen-bond donors (Lipinski definition) is 2. The molecule has 0 bridgehead atoms. The molecule has 0 unspecified atom stereocenters. The highest BCUT2D eigenvalue weighted by molar-refractivity contribution is 5.78. The molecule has 0 aromatic heterocycles. The number of likely N-dealkylation sites (tertiary alicyclic amines) is 1. The normalized spacial score (nSPS) is 16.7. The van der Waals surface area contributed by atoms with Crippen molar-refractivity contribution in [1.29, 1.82) is 0 Å². The number of halogens is 3. The predicted octanol–water partition coefficient (Wildman–Crippen LogP) is 2.25. The lowest BCUT2D eigenvalue weighted by Crippen LogP contribution is -2.45. The van der Waals surface area contributed by atoms with E-state index >= 15 is 0 Å². The summed E-state index contributed by atoms with van der Waals surface area (Å²) >= 11 is 0. The Labute approximate surface area is 139 Å². The quantitative estimate of drug-likeness (QED) is 0.830. The smallest absolute Gasteiger partial charge is 0.405 e. The first-order valence-electron chi connectivity index (χ1n) is 7.82. The Bertz CT molecular complexity index is 544. The van der Waals surface area contributed by atoms with Crippen LogP contribution < -0.4 is 15.4 Å². The van der Waals surface area contributed by atoms with Crippen LogP contribution in [0.2, 0.25) is 0 Å². The molecule has 2 N–H and O–H groups in total. The van der Waals surface area contributed by atoms with Crippen molar-refractivity contribution in [2.24, 2.45) is 0 Å². The molecule has 0 spiro atoms. The van der Waals surface area contributed by atoms with E-state index in [1.165, 1.54) is 0 Å². The zero-order chi connectivity index (χ0) is 17.6. The molecule has 1 aromatic carbocycles. The highest BCUT2D eigenvalue weighted by atomic mass is 19.4. The van der Waals surface area contributed by atoms with Crippen LogP contribution >= 0.6 is 0 Å². The van der Waals surface area contributed by atoms with Crippen molar-refractivity contribution >= 4 is 11.6 Å². The van der Waals surface area contributed by atoms with Crippen molar-refractivity contribution in [3.05, 3.63) is 24.3 Å². The number of amides is 1. The maximum atomic E-state index is 12.1. The van der Waals surface area contributed by atoms with Gasteiger partial charge < -0.3 is 15.4 Å². The largest absolute Gasteiger partial charge is 0.497 e. The molecular weight excluding hydrogens is 323 g/mol. The van der Waals surface area contributed by atoms with E-state index in [1.54, 1.807) is 7.11 Å². The van der Waals surface area contributed by atoms with Gasteiger partial charge in [-0.25, -0.2) is 0 Å². The van der Waals surface area contributed by atoms with Gasteiger partial charge in [-0.3, -0.25) is 9.69 Å². The average molecular weight is 345 g/mol. The van der Waals surface area contributed by atoms with Crippen LogP contribution in [0.25, 0.3) is 0 Å². The molecule has 0 atom stereocenters. The Morgan fingerprint density at radius 3 is 2.67 bits per heavy atom. The molecule has 5 nitrogen and oxygen atoms in total. The minimum absolute atomic E-state index is 0.00194. The van der Waals surface area contributed by atoms with Crippen molar-refractivity contribution in [1.82, 2.24) is 10.2 Å². The first-order chi connectivity index (χ1) is 11.4. The number of carbonyl (C=O) groups excluding carboxylic acids is 1. The number of anilines is 1. The summed E-state index contributed by atoms with van der Waals surface area (Å²) in [7, 11) is 1.61. The maximum absolute atomic E-state index is 12.1. The maximum Gasteiger partial charge on any atom is 0.405 e. The lowest BCUT2D eigenvalue weighted by atomic mass is 10.0. The molecule has 0 radical (unpaired) electrons. The number of nitrogens with one attached hydrogen (secondary N) is 2. The second-order valence-corrected chi connectivity index (χ2v) is 5.82. The van der Waals surface area contributed by atoms with Crippen molar-refractivity contribution in [3.63, 3.8) is 0 Å². The second kappa shape index (κ2) is 8.23. The first kappa shape index (κ1) is 18.4. The van der Waals surface area contributed by atoms with Crippen molar-refractivity contribution < 1.29 is 22.7 Å². The molecule has 0 saturated carbocycles. The summed E-state index contributed by atoms with van der Waals surface area (Å²) < 4.78 is 41.4. The van der Waals surface area contributed by atoms with Gasteiger partial charge in [0.2, 0.25) is 5.91 Å². The molecule has 1 aromatic rings. The molecule has 1 saturated heterocycles. The summed E-state index contributed by atoms with van der Waals surface area (Å²) in [5.74, 6) is 0.185. The van der Waals surface area contributed by atoms with Gasteiger partial charge in [-0.2, -0.15) is 13.2 Å². The van der Waals surface area contributed by atoms with Crippen LogP contribution in [0.1, 0.15) is 12.8 Å². The molecule has 8 heteroatoms. The zero-order valence-electron chi connectivity index (χ0n) is 13.5. The number of piperidine rings is 1. The van der Waals surface area contributed by atoms with Gasteiger partial charge in [0, 0.05) is 30.9 Å². The summed E-state index contributed by atoms with van der Waals surface area (Å²) in [5.41, 5.74) is 0.968. The summed E-state index contributed by atoms with van der Waals surface area (Å²) in [4.78, 5) is 13.4. The molecule has 0 aliphatic carbocycles. The number of carbonyl (C=O) groups is 1. The van der Waals surface area contributed by atoms with Crippen LogP contribution in [0.3, 0.4) is 0 Å². The monoisotopic (exact) mass is 345 g/mol. The van der Waals surface area contributed by atoms with Crippen LogP contribution in [0, 0.1) is 0 Å². The van der Waals surface area contributed by atoms with E-state index in [2.05, 4.69) is 5.32 Å². The SMILES string of the molecule is COc1cccc(NC2CCN(CC(=O)NCC(F)(F)F)CC2)c1. The van der Waals surface area contributed by atoms with E-state index in [9.17, 15) is 18.0 Å². The summed E-state index contributed by atoms with van der Waals surface area (Å²) in [6.45, 7) is 0.0593. The highest BCUT2D eigenvalue weighted by Crippen LogP contribution is 2.20. The van der Waals surface area contributed by atoms with Crippen molar-refractivity contribution in [3.8, 4) is 5.75 Å². The van der Waals surface area contributed by atoms with Gasteiger partial charge >= 0.3 is 6.18 Å².